The van der Waals surface area contributed by atoms with Crippen LogP contribution in [0.1, 0.15) is 22.3 Å². The minimum Gasteiger partial charge on any atom is -0.541 e. The van der Waals surface area contributed by atoms with E-state index >= 15 is 0 Å². The van der Waals surface area contributed by atoms with Crippen LogP contribution in [0.15, 0.2) is 132 Å². The largest absolute Gasteiger partial charge is 2.00 e. The van der Waals surface area contributed by atoms with Crippen molar-refractivity contribution in [2.24, 2.45) is 0 Å². The van der Waals surface area contributed by atoms with Gasteiger partial charge >= 0.3 is 20.4 Å². The summed E-state index contributed by atoms with van der Waals surface area (Å²) in [5.41, 5.74) is 3.19. The van der Waals surface area contributed by atoms with Crippen LogP contribution in [0.4, 0.5) is 0 Å². The van der Waals surface area contributed by atoms with Gasteiger partial charge in [0.05, 0.1) is 0 Å². The second-order valence-electron chi connectivity index (χ2n) is 8.36. The number of rotatable bonds is 10. The van der Waals surface area contributed by atoms with E-state index in [1.165, 1.54) is 25.0 Å². The quantitative estimate of drug-likeness (QED) is 0.150. The molecule has 7 heteroatoms. The van der Waals surface area contributed by atoms with Crippen LogP contribution in [0.5, 0.6) is 0 Å². The van der Waals surface area contributed by atoms with E-state index in [2.05, 4.69) is 0 Å². The predicted molar refractivity (Wildman–Crippen MR) is 149 cm³/mol. The normalized spacial score (nSPS) is 10.8. The smallest absolute Gasteiger partial charge is 0.541 e. The molecule has 2 radical (unpaired) electrons. The maximum atomic E-state index is 11.7. The van der Waals surface area contributed by atoms with Crippen molar-refractivity contribution in [1.29, 1.82) is 0 Å². The molecule has 0 saturated carbocycles. The maximum Gasteiger partial charge on any atom is 2.00 e. The Hall–Kier alpha value is -4.70. The van der Waals surface area contributed by atoms with Crippen LogP contribution in [0.2, 0.25) is 0 Å². The molecule has 4 aromatic rings. The van der Waals surface area contributed by atoms with E-state index < -0.39 is 23.5 Å². The Labute approximate surface area is 252 Å². The summed E-state index contributed by atoms with van der Waals surface area (Å²) >= 11 is 0. The fourth-order valence-corrected chi connectivity index (χ4v) is 3.50. The third-order valence-electron chi connectivity index (χ3n) is 5.38. The molecule has 0 aliphatic rings. The SMILES string of the molecule is O=C([O-])C(=O)C([CH]c1ccccc1)=Cc1ccccc1.O=C([O-])C(=O)C([CH]c1ccccc1)=Cc1ccccc1.[Pd+2]. The van der Waals surface area contributed by atoms with Gasteiger partial charge in [-0.25, -0.2) is 0 Å². The van der Waals surface area contributed by atoms with Crippen molar-refractivity contribution >= 4 is 35.7 Å². The zero-order valence-corrected chi connectivity index (χ0v) is 23.2. The van der Waals surface area contributed by atoms with Gasteiger partial charge in [0, 0.05) is 24.0 Å². The summed E-state index contributed by atoms with van der Waals surface area (Å²) in [4.78, 5) is 45.0. The van der Waals surface area contributed by atoms with Crippen molar-refractivity contribution in [3.63, 3.8) is 0 Å². The molecule has 206 valence electrons. The minimum absolute atomic E-state index is 0. The number of hydrogen-bond donors (Lipinski definition) is 0. The third-order valence-corrected chi connectivity index (χ3v) is 5.38. The van der Waals surface area contributed by atoms with E-state index in [1.54, 1.807) is 48.5 Å². The number of carbonyl (C=O) groups is 4. The van der Waals surface area contributed by atoms with Gasteiger partial charge in [-0.2, -0.15) is 0 Å². The molecule has 0 saturated heterocycles. The summed E-state index contributed by atoms with van der Waals surface area (Å²) < 4.78 is 0. The van der Waals surface area contributed by atoms with Gasteiger partial charge in [0.15, 0.2) is 0 Å². The van der Waals surface area contributed by atoms with Crippen molar-refractivity contribution in [2.45, 2.75) is 0 Å². The van der Waals surface area contributed by atoms with Crippen molar-refractivity contribution in [3.8, 4) is 0 Å². The minimum atomic E-state index is -1.71. The standard InChI is InChI=1S/2C17H13O3.Pd/c2*18-16(17(19)20)15(11-13-7-3-1-4-8-13)12-14-9-5-2-6-10-14;/h2*1-12H,(H,19,20);/q;;+2/p-2. The van der Waals surface area contributed by atoms with Crippen LogP contribution in [0.25, 0.3) is 12.2 Å². The number of ketones is 2. The summed E-state index contributed by atoms with van der Waals surface area (Å²) in [7, 11) is 0. The Balaban J connectivity index is 0.000000280. The van der Waals surface area contributed by atoms with E-state index in [0.717, 1.165) is 22.3 Å². The number of hydrogen-bond acceptors (Lipinski definition) is 6. The molecule has 0 heterocycles. The van der Waals surface area contributed by atoms with Gasteiger partial charge in [0.1, 0.15) is 11.9 Å². The van der Waals surface area contributed by atoms with E-state index in [-0.39, 0.29) is 31.6 Å². The number of carboxylic acid groups (broad SMARTS) is 2. The van der Waals surface area contributed by atoms with E-state index in [4.69, 9.17) is 0 Å². The molecule has 6 nitrogen and oxygen atoms in total. The Morgan fingerprint density at radius 2 is 0.659 bits per heavy atom. The van der Waals surface area contributed by atoms with E-state index in [9.17, 15) is 29.4 Å². The van der Waals surface area contributed by atoms with Crippen LogP contribution in [-0.2, 0) is 39.6 Å². The van der Waals surface area contributed by atoms with Gasteiger partial charge in [-0.3, -0.25) is 9.59 Å². The van der Waals surface area contributed by atoms with Crippen molar-refractivity contribution in [1.82, 2.24) is 0 Å². The topological polar surface area (TPSA) is 114 Å². The second-order valence-corrected chi connectivity index (χ2v) is 8.36. The summed E-state index contributed by atoms with van der Waals surface area (Å²) in [5, 5.41) is 21.6. The fourth-order valence-electron chi connectivity index (χ4n) is 3.50. The summed E-state index contributed by atoms with van der Waals surface area (Å²) in [6.07, 6.45) is 6.13. The molecule has 41 heavy (non-hydrogen) atoms. The van der Waals surface area contributed by atoms with E-state index in [1.807, 2.05) is 72.8 Å². The Morgan fingerprint density at radius 3 is 0.902 bits per heavy atom. The number of benzene rings is 4. The zero-order valence-electron chi connectivity index (χ0n) is 21.6. The van der Waals surface area contributed by atoms with Crippen LogP contribution < -0.4 is 10.2 Å². The Morgan fingerprint density at radius 1 is 0.415 bits per heavy atom. The number of carbonyl (C=O) groups excluding carboxylic acids is 4. The first kappa shape index (κ1) is 32.5. The first-order chi connectivity index (χ1) is 19.3. The molecule has 0 spiro atoms. The van der Waals surface area contributed by atoms with Gasteiger partial charge in [0.2, 0.25) is 11.6 Å². The maximum absolute atomic E-state index is 11.7. The van der Waals surface area contributed by atoms with Crippen molar-refractivity contribution < 1.29 is 49.8 Å². The molecule has 0 atom stereocenters. The monoisotopic (exact) mass is 634 g/mol. The Kier molecular flexibility index (Phi) is 13.6. The van der Waals surface area contributed by atoms with Crippen LogP contribution in [-0.4, -0.2) is 23.5 Å². The summed E-state index contributed by atoms with van der Waals surface area (Å²) in [5.74, 6) is -5.48. The molecule has 0 fully saturated rings. The molecule has 0 aliphatic carbocycles. The molecule has 0 N–H and O–H groups in total. The molecular formula is C34H24O6Pd. The van der Waals surface area contributed by atoms with Crippen LogP contribution >= 0.6 is 0 Å². The molecule has 0 unspecified atom stereocenters. The van der Waals surface area contributed by atoms with Gasteiger partial charge < -0.3 is 19.8 Å². The molecule has 0 aromatic heterocycles. The molecule has 4 rings (SSSR count). The summed E-state index contributed by atoms with van der Waals surface area (Å²) in [6.45, 7) is 0. The van der Waals surface area contributed by atoms with Crippen molar-refractivity contribution in [3.05, 3.63) is 168 Å². The van der Waals surface area contributed by atoms with Crippen molar-refractivity contribution in [2.75, 3.05) is 0 Å². The first-order valence-corrected chi connectivity index (χ1v) is 12.2. The second kappa shape index (κ2) is 17.1. The molecule has 0 aliphatic heterocycles. The zero-order chi connectivity index (χ0) is 28.7. The van der Waals surface area contributed by atoms with E-state index in [0.29, 0.717) is 0 Å². The van der Waals surface area contributed by atoms with Crippen LogP contribution in [0.3, 0.4) is 0 Å². The van der Waals surface area contributed by atoms with Gasteiger partial charge in [-0.1, -0.05) is 121 Å². The molecular weight excluding hydrogens is 611 g/mol. The van der Waals surface area contributed by atoms with Gasteiger partial charge in [0.25, 0.3) is 0 Å². The molecule has 0 amide bonds. The fraction of sp³-hybridized carbons (Fsp3) is 0. The molecule has 0 bridgehead atoms. The predicted octanol–water partition coefficient (Wildman–Crippen LogP) is 3.28. The first-order valence-electron chi connectivity index (χ1n) is 12.2. The molecule has 4 aromatic carbocycles. The summed E-state index contributed by atoms with van der Waals surface area (Å²) in [6, 6.07) is 36.2. The number of aliphatic carboxylic acids is 2. The van der Waals surface area contributed by atoms with Gasteiger partial charge in [-0.05, 0) is 34.4 Å². The van der Waals surface area contributed by atoms with Gasteiger partial charge in [-0.15, -0.1) is 0 Å². The van der Waals surface area contributed by atoms with Crippen LogP contribution in [0, 0.1) is 12.8 Å². The number of carboxylic acids is 2. The average Bonchev–Trinajstić information content (AvgIpc) is 2.98. The number of Topliss-reactive ketones (excluding diaryl/α,β-unsaturated/α-hetero) is 2. The Bertz CT molecular complexity index is 1380. The third kappa shape index (κ3) is 11.1. The average molecular weight is 635 g/mol.